The molecule has 0 aliphatic rings. The van der Waals surface area contributed by atoms with E-state index in [1.807, 2.05) is 49.4 Å². The summed E-state index contributed by atoms with van der Waals surface area (Å²) in [5.41, 5.74) is 10.9. The maximum Gasteiger partial charge on any atom is 0.0992 e. The molecule has 0 saturated carbocycles. The molecule has 1 aromatic heterocycles. The highest BCUT2D eigenvalue weighted by atomic mass is 14.9. The molecule has 21 heavy (non-hydrogen) atoms. The van der Waals surface area contributed by atoms with Crippen molar-refractivity contribution in [2.45, 2.75) is 6.92 Å². The summed E-state index contributed by atoms with van der Waals surface area (Å²) in [6.07, 6.45) is 1.74. The molecule has 0 radical (unpaired) electrons. The largest absolute Gasteiger partial charge is 0.399 e. The van der Waals surface area contributed by atoms with Gasteiger partial charge in [-0.2, -0.15) is 5.26 Å². The molecule has 0 saturated heterocycles. The van der Waals surface area contributed by atoms with Gasteiger partial charge in [0.1, 0.15) is 0 Å². The molecule has 0 bridgehead atoms. The Balaban J connectivity index is 2.08. The predicted octanol–water partition coefficient (Wildman–Crippen LogP) is 3.74. The number of nitrogens with one attached hydrogen (secondary N) is 1. The Morgan fingerprint density at radius 2 is 1.95 bits per heavy atom. The van der Waals surface area contributed by atoms with Gasteiger partial charge in [0.25, 0.3) is 0 Å². The van der Waals surface area contributed by atoms with Crippen molar-refractivity contribution in [3.8, 4) is 6.07 Å². The van der Waals surface area contributed by atoms with E-state index in [1.54, 1.807) is 6.20 Å². The number of nitrogen functional groups attached to an aromatic ring is 1. The molecule has 0 atom stereocenters. The van der Waals surface area contributed by atoms with Crippen molar-refractivity contribution in [3.05, 3.63) is 59.8 Å². The summed E-state index contributed by atoms with van der Waals surface area (Å²) in [5.74, 6) is 0. The van der Waals surface area contributed by atoms with E-state index < -0.39 is 0 Å². The number of fused-ring (bicyclic) bond motifs is 1. The van der Waals surface area contributed by atoms with Crippen molar-refractivity contribution in [2.24, 2.45) is 0 Å². The minimum absolute atomic E-state index is 0.630. The second kappa shape index (κ2) is 5.14. The third-order valence-electron chi connectivity index (χ3n) is 3.40. The van der Waals surface area contributed by atoms with Crippen LogP contribution in [0, 0.1) is 18.3 Å². The lowest BCUT2D eigenvalue weighted by atomic mass is 10.1. The van der Waals surface area contributed by atoms with E-state index in [-0.39, 0.29) is 0 Å². The molecule has 3 rings (SSSR count). The van der Waals surface area contributed by atoms with E-state index in [4.69, 9.17) is 11.0 Å². The van der Waals surface area contributed by atoms with E-state index >= 15 is 0 Å². The number of aryl methyl sites for hydroxylation is 1. The van der Waals surface area contributed by atoms with E-state index in [0.717, 1.165) is 27.8 Å². The van der Waals surface area contributed by atoms with Gasteiger partial charge in [0.05, 0.1) is 17.1 Å². The second-order valence-corrected chi connectivity index (χ2v) is 4.90. The fourth-order valence-electron chi connectivity index (χ4n) is 2.25. The first-order chi connectivity index (χ1) is 10.2. The van der Waals surface area contributed by atoms with Crippen LogP contribution >= 0.6 is 0 Å². The molecule has 4 nitrogen and oxygen atoms in total. The molecule has 0 unspecified atom stereocenters. The zero-order chi connectivity index (χ0) is 14.8. The van der Waals surface area contributed by atoms with Gasteiger partial charge in [0.2, 0.25) is 0 Å². The molecule has 3 aromatic rings. The first-order valence-corrected chi connectivity index (χ1v) is 6.59. The molecule has 102 valence electrons. The van der Waals surface area contributed by atoms with Crippen LogP contribution in [0.5, 0.6) is 0 Å². The van der Waals surface area contributed by atoms with Gasteiger partial charge in [-0.25, -0.2) is 0 Å². The van der Waals surface area contributed by atoms with Crippen LogP contribution in [0.15, 0.2) is 48.7 Å². The highest BCUT2D eigenvalue weighted by Gasteiger charge is 2.05. The summed E-state index contributed by atoms with van der Waals surface area (Å²) in [4.78, 5) is 4.33. The zero-order valence-electron chi connectivity index (χ0n) is 11.6. The Labute approximate surface area is 122 Å². The van der Waals surface area contributed by atoms with Gasteiger partial charge in [0.15, 0.2) is 0 Å². The van der Waals surface area contributed by atoms with Crippen molar-refractivity contribution in [3.63, 3.8) is 0 Å². The molecule has 0 spiro atoms. The Bertz CT molecular complexity index is 862. The maximum atomic E-state index is 9.02. The summed E-state index contributed by atoms with van der Waals surface area (Å²) in [5, 5.41) is 13.4. The van der Waals surface area contributed by atoms with Crippen molar-refractivity contribution in [1.29, 1.82) is 5.26 Å². The molecule has 0 fully saturated rings. The summed E-state index contributed by atoms with van der Waals surface area (Å²) in [6.45, 7) is 2.00. The Kier molecular flexibility index (Phi) is 3.17. The molecular formula is C17H14N4. The Morgan fingerprint density at radius 1 is 1.10 bits per heavy atom. The summed E-state index contributed by atoms with van der Waals surface area (Å²) >= 11 is 0. The van der Waals surface area contributed by atoms with Crippen LogP contribution in [0.3, 0.4) is 0 Å². The summed E-state index contributed by atoms with van der Waals surface area (Å²) in [6, 6.07) is 15.3. The van der Waals surface area contributed by atoms with Gasteiger partial charge in [-0.3, -0.25) is 4.98 Å². The van der Waals surface area contributed by atoms with Crippen LogP contribution in [0.1, 0.15) is 11.1 Å². The lowest BCUT2D eigenvalue weighted by Gasteiger charge is -2.12. The van der Waals surface area contributed by atoms with Crippen molar-refractivity contribution in [1.82, 2.24) is 4.98 Å². The third-order valence-corrected chi connectivity index (χ3v) is 3.40. The lowest BCUT2D eigenvalue weighted by molar-refractivity contribution is 1.38. The number of benzene rings is 2. The molecule has 0 aliphatic heterocycles. The van der Waals surface area contributed by atoms with Gasteiger partial charge in [0, 0.05) is 28.6 Å². The molecule has 1 heterocycles. The van der Waals surface area contributed by atoms with Gasteiger partial charge >= 0.3 is 0 Å². The third kappa shape index (κ3) is 2.49. The predicted molar refractivity (Wildman–Crippen MR) is 85.3 cm³/mol. The van der Waals surface area contributed by atoms with E-state index in [9.17, 15) is 0 Å². The number of nitriles is 1. The molecular weight excluding hydrogens is 260 g/mol. The van der Waals surface area contributed by atoms with Gasteiger partial charge in [-0.15, -0.1) is 0 Å². The van der Waals surface area contributed by atoms with Crippen molar-refractivity contribution < 1.29 is 0 Å². The van der Waals surface area contributed by atoms with Gasteiger partial charge in [-0.1, -0.05) is 6.07 Å². The van der Waals surface area contributed by atoms with Crippen LogP contribution in [0.2, 0.25) is 0 Å². The number of anilines is 3. The van der Waals surface area contributed by atoms with E-state index in [2.05, 4.69) is 16.4 Å². The van der Waals surface area contributed by atoms with E-state index in [1.165, 1.54) is 0 Å². The minimum atomic E-state index is 0.630. The van der Waals surface area contributed by atoms with Crippen LogP contribution in [0.25, 0.3) is 10.9 Å². The number of pyridine rings is 1. The smallest absolute Gasteiger partial charge is 0.0992 e. The summed E-state index contributed by atoms with van der Waals surface area (Å²) in [7, 11) is 0. The highest BCUT2D eigenvalue weighted by molar-refractivity contribution is 5.94. The lowest BCUT2D eigenvalue weighted by Crippen LogP contribution is -1.96. The topological polar surface area (TPSA) is 74.7 Å². The molecule has 0 aliphatic carbocycles. The SMILES string of the molecule is Cc1ccc(C#N)cc1Nc1ccnc2cc(N)ccc12. The van der Waals surface area contributed by atoms with E-state index in [0.29, 0.717) is 11.3 Å². The fraction of sp³-hybridized carbons (Fsp3) is 0.0588. The van der Waals surface area contributed by atoms with Crippen LogP contribution < -0.4 is 11.1 Å². The first-order valence-electron chi connectivity index (χ1n) is 6.59. The summed E-state index contributed by atoms with van der Waals surface area (Å²) < 4.78 is 0. The Morgan fingerprint density at radius 3 is 2.76 bits per heavy atom. The number of aromatic nitrogens is 1. The second-order valence-electron chi connectivity index (χ2n) is 4.90. The monoisotopic (exact) mass is 274 g/mol. The average molecular weight is 274 g/mol. The number of hydrogen-bond donors (Lipinski definition) is 2. The molecule has 3 N–H and O–H groups in total. The number of nitrogens with two attached hydrogens (primary N) is 1. The zero-order valence-corrected chi connectivity index (χ0v) is 11.6. The van der Waals surface area contributed by atoms with Gasteiger partial charge in [-0.05, 0) is 48.9 Å². The maximum absolute atomic E-state index is 9.02. The highest BCUT2D eigenvalue weighted by Crippen LogP contribution is 2.28. The minimum Gasteiger partial charge on any atom is -0.399 e. The number of rotatable bonds is 2. The molecule has 0 amide bonds. The van der Waals surface area contributed by atoms with Crippen molar-refractivity contribution in [2.75, 3.05) is 11.1 Å². The number of nitrogens with zero attached hydrogens (tertiary/aromatic N) is 2. The number of hydrogen-bond acceptors (Lipinski definition) is 4. The average Bonchev–Trinajstić information content (AvgIpc) is 2.49. The molecule has 4 heteroatoms. The standard InChI is InChI=1S/C17H14N4/c1-11-2-3-12(10-18)8-16(11)21-15-6-7-20-17-9-13(19)4-5-14(15)17/h2-9H,19H2,1H3,(H,20,21). The quantitative estimate of drug-likeness (QED) is 0.698. The molecule has 2 aromatic carbocycles. The normalized spacial score (nSPS) is 10.3. The van der Waals surface area contributed by atoms with Crippen LogP contribution in [-0.2, 0) is 0 Å². The van der Waals surface area contributed by atoms with Crippen LogP contribution in [-0.4, -0.2) is 4.98 Å². The van der Waals surface area contributed by atoms with Gasteiger partial charge < -0.3 is 11.1 Å². The Hall–Kier alpha value is -3.06. The van der Waals surface area contributed by atoms with Crippen molar-refractivity contribution >= 4 is 28.0 Å². The fourth-order valence-corrected chi connectivity index (χ4v) is 2.25. The van der Waals surface area contributed by atoms with Crippen LogP contribution in [0.4, 0.5) is 17.1 Å². The first kappa shape index (κ1) is 12.9.